The standard InChI is InChI=1S/C13H23N3O3S/c1-14(2)6-7-15(3)13(19)16-10(12(17)18)8-20-11(16)9-4-5-9/h9-11H,4-8H2,1-3H3,(H,17,18). The Balaban J connectivity index is 2.04. The highest BCUT2D eigenvalue weighted by atomic mass is 32.2. The topological polar surface area (TPSA) is 64.1 Å². The number of hydrogen-bond donors (Lipinski definition) is 1. The Kier molecular flexibility index (Phi) is 4.80. The smallest absolute Gasteiger partial charge is 0.327 e. The Morgan fingerprint density at radius 2 is 1.90 bits per heavy atom. The third-order valence-electron chi connectivity index (χ3n) is 3.78. The van der Waals surface area contributed by atoms with Crippen molar-refractivity contribution < 1.29 is 14.7 Å². The van der Waals surface area contributed by atoms with E-state index < -0.39 is 12.0 Å². The highest BCUT2D eigenvalue weighted by molar-refractivity contribution is 8.00. The van der Waals surface area contributed by atoms with Gasteiger partial charge in [-0.15, -0.1) is 11.8 Å². The SMILES string of the molecule is CN(C)CCN(C)C(=O)N1C(C(=O)O)CSC1C1CC1. The summed E-state index contributed by atoms with van der Waals surface area (Å²) in [6.45, 7) is 1.38. The molecule has 0 aromatic heterocycles. The molecule has 0 bridgehead atoms. The second-order valence-electron chi connectivity index (χ2n) is 5.83. The lowest BCUT2D eigenvalue weighted by atomic mass is 10.2. The van der Waals surface area contributed by atoms with E-state index in [9.17, 15) is 14.7 Å². The van der Waals surface area contributed by atoms with Crippen molar-refractivity contribution in [3.8, 4) is 0 Å². The van der Waals surface area contributed by atoms with Crippen LogP contribution in [0.3, 0.4) is 0 Å². The molecule has 0 spiro atoms. The van der Waals surface area contributed by atoms with Crippen molar-refractivity contribution in [3.63, 3.8) is 0 Å². The first-order valence-corrected chi connectivity index (χ1v) is 7.99. The van der Waals surface area contributed by atoms with Crippen molar-refractivity contribution in [1.29, 1.82) is 0 Å². The van der Waals surface area contributed by atoms with E-state index in [2.05, 4.69) is 0 Å². The van der Waals surface area contributed by atoms with Crippen LogP contribution in [0.25, 0.3) is 0 Å². The maximum Gasteiger partial charge on any atom is 0.327 e. The largest absolute Gasteiger partial charge is 0.480 e. The lowest BCUT2D eigenvalue weighted by Crippen LogP contribution is -2.52. The van der Waals surface area contributed by atoms with Crippen molar-refractivity contribution in [2.45, 2.75) is 24.3 Å². The van der Waals surface area contributed by atoms with Gasteiger partial charge in [0.15, 0.2) is 0 Å². The minimum absolute atomic E-state index is 0.0467. The monoisotopic (exact) mass is 301 g/mol. The van der Waals surface area contributed by atoms with E-state index in [1.807, 2.05) is 19.0 Å². The maximum absolute atomic E-state index is 12.6. The molecule has 1 aliphatic carbocycles. The third-order valence-corrected chi connectivity index (χ3v) is 5.24. The van der Waals surface area contributed by atoms with Crippen LogP contribution in [0.2, 0.25) is 0 Å². The summed E-state index contributed by atoms with van der Waals surface area (Å²) in [6.07, 6.45) is 2.21. The fourth-order valence-electron chi connectivity index (χ4n) is 2.35. The van der Waals surface area contributed by atoms with Gasteiger partial charge in [-0.05, 0) is 32.9 Å². The zero-order valence-electron chi connectivity index (χ0n) is 12.3. The number of amides is 2. The first kappa shape index (κ1) is 15.4. The van der Waals surface area contributed by atoms with Gasteiger partial charge in [0.25, 0.3) is 0 Å². The number of hydrogen-bond acceptors (Lipinski definition) is 4. The van der Waals surface area contributed by atoms with Crippen LogP contribution in [-0.2, 0) is 4.79 Å². The second-order valence-corrected chi connectivity index (χ2v) is 6.98. The van der Waals surface area contributed by atoms with E-state index in [0.29, 0.717) is 18.2 Å². The molecule has 2 amide bonds. The molecule has 2 rings (SSSR count). The number of carbonyl (C=O) groups is 2. The maximum atomic E-state index is 12.6. The summed E-state index contributed by atoms with van der Waals surface area (Å²) < 4.78 is 0. The number of thioether (sulfide) groups is 1. The fourth-order valence-corrected chi connectivity index (χ4v) is 3.97. The highest BCUT2D eigenvalue weighted by Gasteiger charge is 2.48. The highest BCUT2D eigenvalue weighted by Crippen LogP contribution is 2.45. The number of carboxylic acids is 1. The van der Waals surface area contributed by atoms with E-state index in [4.69, 9.17) is 0 Å². The van der Waals surface area contributed by atoms with Crippen LogP contribution in [0.5, 0.6) is 0 Å². The summed E-state index contributed by atoms with van der Waals surface area (Å²) >= 11 is 1.61. The summed E-state index contributed by atoms with van der Waals surface area (Å²) in [4.78, 5) is 29.2. The number of urea groups is 1. The van der Waals surface area contributed by atoms with Crippen LogP contribution >= 0.6 is 11.8 Å². The van der Waals surface area contributed by atoms with Crippen molar-refractivity contribution in [2.24, 2.45) is 5.92 Å². The van der Waals surface area contributed by atoms with E-state index >= 15 is 0 Å². The molecule has 2 aliphatic rings. The molecule has 2 unspecified atom stereocenters. The predicted octanol–water partition coefficient (Wildman–Crippen LogP) is 0.838. The number of nitrogens with zero attached hydrogens (tertiary/aromatic N) is 3. The average molecular weight is 301 g/mol. The first-order valence-electron chi connectivity index (χ1n) is 6.94. The average Bonchev–Trinajstić information content (AvgIpc) is 3.13. The van der Waals surface area contributed by atoms with Crippen LogP contribution < -0.4 is 0 Å². The molecule has 1 N–H and O–H groups in total. The number of carboxylic acid groups (broad SMARTS) is 1. The van der Waals surface area contributed by atoms with Crippen LogP contribution in [0, 0.1) is 5.92 Å². The quantitative estimate of drug-likeness (QED) is 0.815. The van der Waals surface area contributed by atoms with Crippen LogP contribution in [0.15, 0.2) is 0 Å². The molecule has 7 heteroatoms. The van der Waals surface area contributed by atoms with E-state index in [-0.39, 0.29) is 11.4 Å². The van der Waals surface area contributed by atoms with Gasteiger partial charge in [-0.25, -0.2) is 9.59 Å². The summed E-state index contributed by atoms with van der Waals surface area (Å²) in [6, 6.07) is -0.832. The van der Waals surface area contributed by atoms with Crippen LogP contribution in [-0.4, -0.2) is 83.2 Å². The normalized spacial score (nSPS) is 26.1. The van der Waals surface area contributed by atoms with Gasteiger partial charge in [0, 0.05) is 25.9 Å². The Hall–Kier alpha value is -0.950. The number of likely N-dealkylation sites (N-methyl/N-ethyl adjacent to an activating group) is 2. The Morgan fingerprint density at radius 1 is 1.25 bits per heavy atom. The summed E-state index contributed by atoms with van der Waals surface area (Å²) in [5.74, 6) is 0.0922. The molecule has 0 aromatic carbocycles. The molecule has 2 atom stereocenters. The Labute approximate surface area is 124 Å². The van der Waals surface area contributed by atoms with E-state index in [1.165, 1.54) is 0 Å². The van der Waals surface area contributed by atoms with Crippen molar-refractivity contribution >= 4 is 23.8 Å². The minimum Gasteiger partial charge on any atom is -0.480 e. The lowest BCUT2D eigenvalue weighted by molar-refractivity contribution is -0.141. The number of aliphatic carboxylic acids is 1. The van der Waals surface area contributed by atoms with E-state index in [1.54, 1.807) is 28.6 Å². The number of rotatable bonds is 5. The lowest BCUT2D eigenvalue weighted by Gasteiger charge is -2.32. The molecule has 1 saturated heterocycles. The Bertz CT molecular complexity index is 387. The summed E-state index contributed by atoms with van der Waals surface area (Å²) in [5.41, 5.74) is 0. The van der Waals surface area contributed by atoms with Gasteiger partial charge in [-0.1, -0.05) is 0 Å². The molecule has 0 aromatic rings. The predicted molar refractivity (Wildman–Crippen MR) is 78.8 cm³/mol. The summed E-state index contributed by atoms with van der Waals surface area (Å²) in [5, 5.41) is 9.37. The molecule has 6 nitrogen and oxygen atoms in total. The zero-order chi connectivity index (χ0) is 14.9. The van der Waals surface area contributed by atoms with E-state index in [0.717, 1.165) is 19.4 Å². The molecule has 1 saturated carbocycles. The molecule has 20 heavy (non-hydrogen) atoms. The van der Waals surface area contributed by atoms with Gasteiger partial charge < -0.3 is 14.9 Å². The van der Waals surface area contributed by atoms with Gasteiger partial charge in [0.05, 0.1) is 5.37 Å². The Morgan fingerprint density at radius 3 is 2.40 bits per heavy atom. The van der Waals surface area contributed by atoms with Crippen molar-refractivity contribution in [2.75, 3.05) is 40.0 Å². The molecular weight excluding hydrogens is 278 g/mol. The zero-order valence-corrected chi connectivity index (χ0v) is 13.1. The van der Waals surface area contributed by atoms with Crippen LogP contribution in [0.1, 0.15) is 12.8 Å². The molecule has 0 radical (unpaired) electrons. The first-order chi connectivity index (χ1) is 9.41. The van der Waals surface area contributed by atoms with Gasteiger partial charge in [-0.3, -0.25) is 4.90 Å². The minimum atomic E-state index is -0.894. The third kappa shape index (κ3) is 3.38. The van der Waals surface area contributed by atoms with Crippen molar-refractivity contribution in [1.82, 2.24) is 14.7 Å². The number of carbonyl (C=O) groups excluding carboxylic acids is 1. The fraction of sp³-hybridized carbons (Fsp3) is 0.846. The second kappa shape index (κ2) is 6.22. The molecule has 114 valence electrons. The molecule has 1 aliphatic heterocycles. The van der Waals surface area contributed by atoms with Gasteiger partial charge in [-0.2, -0.15) is 0 Å². The van der Waals surface area contributed by atoms with Crippen LogP contribution in [0.4, 0.5) is 4.79 Å². The van der Waals surface area contributed by atoms with Crippen molar-refractivity contribution in [3.05, 3.63) is 0 Å². The van der Waals surface area contributed by atoms with Gasteiger partial charge in [0.2, 0.25) is 0 Å². The molecular formula is C13H23N3O3S. The van der Waals surface area contributed by atoms with Gasteiger partial charge >= 0.3 is 12.0 Å². The molecule has 1 heterocycles. The molecule has 2 fully saturated rings. The van der Waals surface area contributed by atoms with Gasteiger partial charge in [0.1, 0.15) is 6.04 Å². The summed E-state index contributed by atoms with van der Waals surface area (Å²) in [7, 11) is 5.66.